The molecule has 0 saturated carbocycles. The number of Topliss-reactive ketones (excluding diaryl/α,β-unsaturated/α-hetero) is 1. The van der Waals surface area contributed by atoms with E-state index >= 15 is 0 Å². The second-order valence-corrected chi connectivity index (χ2v) is 5.24. The minimum absolute atomic E-state index is 0.0387. The van der Waals surface area contributed by atoms with E-state index in [1.165, 1.54) is 0 Å². The van der Waals surface area contributed by atoms with Gasteiger partial charge in [0.05, 0.1) is 11.6 Å². The first kappa shape index (κ1) is 14.9. The molecule has 4 heteroatoms. The van der Waals surface area contributed by atoms with Crippen LogP contribution in [0.15, 0.2) is 48.5 Å². The van der Waals surface area contributed by atoms with Crippen LogP contribution in [-0.4, -0.2) is 18.9 Å². The Bertz CT molecular complexity index is 599. The molecule has 104 valence electrons. The summed E-state index contributed by atoms with van der Waals surface area (Å²) in [6.07, 6.45) is 0. The lowest BCUT2D eigenvalue weighted by Crippen LogP contribution is -2.29. The minimum Gasteiger partial charge on any atom is -0.364 e. The van der Waals surface area contributed by atoms with Crippen LogP contribution >= 0.6 is 23.2 Å². The zero-order valence-electron chi connectivity index (χ0n) is 11.1. The second kappa shape index (κ2) is 6.78. The van der Waals surface area contributed by atoms with E-state index in [1.807, 2.05) is 42.2 Å². The van der Waals surface area contributed by atoms with Crippen LogP contribution in [0.4, 0.5) is 5.69 Å². The molecular formula is C16H15Cl2NO. The van der Waals surface area contributed by atoms with Crippen LogP contribution in [0.3, 0.4) is 0 Å². The topological polar surface area (TPSA) is 20.3 Å². The summed E-state index contributed by atoms with van der Waals surface area (Å²) in [7, 11) is 0. The van der Waals surface area contributed by atoms with Crippen LogP contribution < -0.4 is 4.90 Å². The predicted octanol–water partition coefficient (Wildman–Crippen LogP) is 4.70. The lowest BCUT2D eigenvalue weighted by atomic mass is 10.1. The SMILES string of the molecule is CCN(CC(=O)c1cc(Cl)ccc1Cl)c1ccccc1. The molecule has 0 amide bonds. The monoisotopic (exact) mass is 307 g/mol. The second-order valence-electron chi connectivity index (χ2n) is 4.40. The Morgan fingerprint density at radius 2 is 1.80 bits per heavy atom. The zero-order valence-corrected chi connectivity index (χ0v) is 12.7. The summed E-state index contributed by atoms with van der Waals surface area (Å²) >= 11 is 12.0. The first-order chi connectivity index (χ1) is 9.61. The molecule has 0 N–H and O–H groups in total. The molecule has 2 aromatic rings. The third-order valence-corrected chi connectivity index (χ3v) is 3.63. The van der Waals surface area contributed by atoms with Gasteiger partial charge in [0.1, 0.15) is 0 Å². The van der Waals surface area contributed by atoms with Crippen molar-refractivity contribution in [1.82, 2.24) is 0 Å². The maximum atomic E-state index is 12.4. The Morgan fingerprint density at radius 3 is 2.45 bits per heavy atom. The molecule has 2 nitrogen and oxygen atoms in total. The maximum absolute atomic E-state index is 12.4. The Kier molecular flexibility index (Phi) is 5.05. The van der Waals surface area contributed by atoms with Gasteiger partial charge in [-0.2, -0.15) is 0 Å². The van der Waals surface area contributed by atoms with Crippen molar-refractivity contribution in [2.45, 2.75) is 6.92 Å². The number of hydrogen-bond donors (Lipinski definition) is 0. The van der Waals surface area contributed by atoms with Gasteiger partial charge < -0.3 is 4.90 Å². The third-order valence-electron chi connectivity index (χ3n) is 3.07. The Morgan fingerprint density at radius 1 is 1.10 bits per heavy atom. The van der Waals surface area contributed by atoms with E-state index < -0.39 is 0 Å². The molecule has 0 bridgehead atoms. The highest BCUT2D eigenvalue weighted by Gasteiger charge is 2.15. The van der Waals surface area contributed by atoms with Gasteiger partial charge in [-0.15, -0.1) is 0 Å². The summed E-state index contributed by atoms with van der Waals surface area (Å²) in [5, 5.41) is 0.948. The Balaban J connectivity index is 2.20. The molecule has 0 aliphatic carbocycles. The van der Waals surface area contributed by atoms with Crippen LogP contribution in [0.1, 0.15) is 17.3 Å². The van der Waals surface area contributed by atoms with Gasteiger partial charge in [0.2, 0.25) is 0 Å². The highest BCUT2D eigenvalue weighted by atomic mass is 35.5. The maximum Gasteiger partial charge on any atom is 0.183 e. The van der Waals surface area contributed by atoms with E-state index in [-0.39, 0.29) is 12.3 Å². The molecule has 0 heterocycles. The van der Waals surface area contributed by atoms with Crippen molar-refractivity contribution >= 4 is 34.7 Å². The number of likely N-dealkylation sites (N-methyl/N-ethyl adjacent to an activating group) is 1. The van der Waals surface area contributed by atoms with Gasteiger partial charge in [-0.3, -0.25) is 4.79 Å². The number of ketones is 1. The number of carbonyl (C=O) groups excluding carboxylic acids is 1. The van der Waals surface area contributed by atoms with Gasteiger partial charge in [-0.25, -0.2) is 0 Å². The average Bonchev–Trinajstić information content (AvgIpc) is 2.48. The number of para-hydroxylation sites is 1. The number of carbonyl (C=O) groups is 1. The van der Waals surface area contributed by atoms with E-state index in [4.69, 9.17) is 23.2 Å². The Hall–Kier alpha value is -1.51. The van der Waals surface area contributed by atoms with E-state index in [9.17, 15) is 4.79 Å². The van der Waals surface area contributed by atoms with Crippen molar-refractivity contribution in [3.63, 3.8) is 0 Å². The standard InChI is InChI=1S/C16H15Cl2NO/c1-2-19(13-6-4-3-5-7-13)11-16(20)14-10-12(17)8-9-15(14)18/h3-10H,2,11H2,1H3. The van der Waals surface area contributed by atoms with Crippen molar-refractivity contribution in [3.8, 4) is 0 Å². The number of hydrogen-bond acceptors (Lipinski definition) is 2. The smallest absolute Gasteiger partial charge is 0.183 e. The molecule has 20 heavy (non-hydrogen) atoms. The summed E-state index contributed by atoms with van der Waals surface area (Å²) in [6, 6.07) is 14.8. The molecule has 0 aliphatic heterocycles. The summed E-state index contributed by atoms with van der Waals surface area (Å²) < 4.78 is 0. The minimum atomic E-state index is -0.0387. The molecule has 0 radical (unpaired) electrons. The van der Waals surface area contributed by atoms with E-state index in [0.29, 0.717) is 15.6 Å². The summed E-state index contributed by atoms with van der Waals surface area (Å²) in [6.45, 7) is 3.04. The quantitative estimate of drug-likeness (QED) is 0.746. The van der Waals surface area contributed by atoms with Gasteiger partial charge in [0.15, 0.2) is 5.78 Å². The molecule has 0 fully saturated rings. The number of anilines is 1. The number of halogens is 2. The van der Waals surface area contributed by atoms with Crippen LogP contribution in [0.25, 0.3) is 0 Å². The van der Waals surface area contributed by atoms with Crippen molar-refractivity contribution in [2.75, 3.05) is 18.0 Å². The van der Waals surface area contributed by atoms with Gasteiger partial charge in [-0.05, 0) is 37.3 Å². The first-order valence-corrected chi connectivity index (χ1v) is 7.15. The number of nitrogens with zero attached hydrogens (tertiary/aromatic N) is 1. The molecule has 0 aromatic heterocycles. The fourth-order valence-corrected chi connectivity index (χ4v) is 2.39. The normalized spacial score (nSPS) is 10.3. The molecular weight excluding hydrogens is 293 g/mol. The number of benzene rings is 2. The van der Waals surface area contributed by atoms with Crippen molar-refractivity contribution in [2.24, 2.45) is 0 Å². The molecule has 0 unspecified atom stereocenters. The van der Waals surface area contributed by atoms with Crippen LogP contribution in [0.2, 0.25) is 10.0 Å². The van der Waals surface area contributed by atoms with Gasteiger partial charge in [-0.1, -0.05) is 41.4 Å². The molecule has 2 aromatic carbocycles. The van der Waals surface area contributed by atoms with Crippen molar-refractivity contribution < 1.29 is 4.79 Å². The summed E-state index contributed by atoms with van der Waals surface area (Å²) in [5.74, 6) is -0.0387. The van der Waals surface area contributed by atoms with Gasteiger partial charge >= 0.3 is 0 Å². The highest BCUT2D eigenvalue weighted by molar-refractivity contribution is 6.36. The first-order valence-electron chi connectivity index (χ1n) is 6.40. The van der Waals surface area contributed by atoms with E-state index in [2.05, 4.69) is 0 Å². The fraction of sp³-hybridized carbons (Fsp3) is 0.188. The average molecular weight is 308 g/mol. The van der Waals surface area contributed by atoms with Crippen molar-refractivity contribution in [1.29, 1.82) is 0 Å². The molecule has 0 saturated heterocycles. The van der Waals surface area contributed by atoms with Crippen LogP contribution in [0, 0.1) is 0 Å². The lowest BCUT2D eigenvalue weighted by Gasteiger charge is -2.22. The third kappa shape index (κ3) is 3.53. The molecule has 0 aliphatic rings. The highest BCUT2D eigenvalue weighted by Crippen LogP contribution is 2.22. The van der Waals surface area contributed by atoms with Crippen LogP contribution in [0.5, 0.6) is 0 Å². The molecule has 2 rings (SSSR count). The lowest BCUT2D eigenvalue weighted by molar-refractivity contribution is 0.0999. The number of rotatable bonds is 5. The van der Waals surface area contributed by atoms with Gasteiger partial charge in [0, 0.05) is 22.8 Å². The zero-order chi connectivity index (χ0) is 14.5. The Labute approximate surface area is 128 Å². The summed E-state index contributed by atoms with van der Waals surface area (Å²) in [5.41, 5.74) is 1.48. The van der Waals surface area contributed by atoms with Gasteiger partial charge in [0.25, 0.3) is 0 Å². The van der Waals surface area contributed by atoms with E-state index in [1.54, 1.807) is 18.2 Å². The molecule has 0 spiro atoms. The fourth-order valence-electron chi connectivity index (χ4n) is 1.99. The molecule has 0 atom stereocenters. The van der Waals surface area contributed by atoms with Crippen LogP contribution in [-0.2, 0) is 0 Å². The predicted molar refractivity (Wildman–Crippen MR) is 85.1 cm³/mol. The van der Waals surface area contributed by atoms with Crippen molar-refractivity contribution in [3.05, 3.63) is 64.1 Å². The largest absolute Gasteiger partial charge is 0.364 e. The summed E-state index contributed by atoms with van der Waals surface area (Å²) in [4.78, 5) is 14.4. The van der Waals surface area contributed by atoms with E-state index in [0.717, 1.165) is 12.2 Å².